The number of alkyl carbamates (subject to hydrolysis) is 1. The lowest BCUT2D eigenvalue weighted by Gasteiger charge is -2.20. The molecule has 0 aliphatic carbocycles. The van der Waals surface area contributed by atoms with Gasteiger partial charge in [0.05, 0.1) is 40.4 Å². The van der Waals surface area contributed by atoms with Crippen LogP contribution in [0.15, 0.2) is 183 Å². The van der Waals surface area contributed by atoms with Gasteiger partial charge in [-0.05, 0) is 212 Å². The van der Waals surface area contributed by atoms with Gasteiger partial charge in [-0.15, -0.1) is 49.6 Å². The minimum Gasteiger partial charge on any atom is -0.508 e. The molecule has 36 heteroatoms. The summed E-state index contributed by atoms with van der Waals surface area (Å²) in [6.45, 7) is 18.9. The third-order valence-corrected chi connectivity index (χ3v) is 15.5. The van der Waals surface area contributed by atoms with Crippen LogP contribution in [0.3, 0.4) is 0 Å². The number of aromatic nitrogens is 10. The van der Waals surface area contributed by atoms with Crippen LogP contribution in [0.5, 0.6) is 40.2 Å². The third kappa shape index (κ3) is 29.4. The Balaban J connectivity index is 0.000000256. The van der Waals surface area contributed by atoms with Crippen molar-refractivity contribution in [3.63, 3.8) is 0 Å². The van der Waals surface area contributed by atoms with Crippen molar-refractivity contribution in [1.82, 2.24) is 55.2 Å². The van der Waals surface area contributed by atoms with Gasteiger partial charge >= 0.3 is 6.09 Å². The van der Waals surface area contributed by atoms with E-state index in [1.54, 1.807) is 112 Å². The number of hydrogen-bond donors (Lipinski definition) is 14. The van der Waals surface area contributed by atoms with Gasteiger partial charge in [0.1, 0.15) is 75.6 Å². The first kappa shape index (κ1) is 92.8. The van der Waals surface area contributed by atoms with Gasteiger partial charge in [0, 0.05) is 114 Å². The molecule has 1 amide bonds. The second kappa shape index (κ2) is 43.8. The average Bonchev–Trinajstić information content (AvgIpc) is 1.70. The molecule has 14 aromatic rings. The molecular formula is C78H87Cl5F2N16O12S. The summed E-state index contributed by atoms with van der Waals surface area (Å²) in [4.78, 5) is 50.5. The summed E-state index contributed by atoms with van der Waals surface area (Å²) >= 11 is 10.5. The molecule has 0 bridgehead atoms. The zero-order valence-electron chi connectivity index (χ0n) is 63.0. The lowest BCUT2D eigenvalue weighted by atomic mass is 10.2. The summed E-state index contributed by atoms with van der Waals surface area (Å²) in [6.07, 6.45) is 0.258. The molecule has 0 saturated carbocycles. The van der Waals surface area contributed by atoms with Crippen molar-refractivity contribution < 1.29 is 66.6 Å². The topological polar surface area (TPSA) is 423 Å². The molecule has 0 aliphatic heterocycles. The van der Waals surface area contributed by atoms with Crippen LogP contribution in [-0.2, 0) is 24.4 Å². The molecule has 8 heterocycles. The average molecular weight is 1690 g/mol. The molecule has 0 aliphatic rings. The molecule has 28 nitrogen and oxygen atoms in total. The second-order valence-corrected chi connectivity index (χ2v) is 26.5. The highest BCUT2D eigenvalue weighted by atomic mass is 35.5. The normalized spacial score (nSPS) is 10.9. The van der Waals surface area contributed by atoms with Crippen LogP contribution < -0.4 is 42.2 Å². The maximum absolute atomic E-state index is 13.2. The van der Waals surface area contributed by atoms with Crippen molar-refractivity contribution in [1.29, 1.82) is 0 Å². The minimum atomic E-state index is -0.628. The fourth-order valence-corrected chi connectivity index (χ4v) is 10.8. The van der Waals surface area contributed by atoms with Crippen molar-refractivity contribution in [3.05, 3.63) is 230 Å². The second-order valence-electron chi connectivity index (χ2n) is 25.8. The molecule has 606 valence electrons. The maximum Gasteiger partial charge on any atom is 0.407 e. The Morgan fingerprint density at radius 3 is 1.32 bits per heavy atom. The Bertz CT molecular complexity index is 5560. The van der Waals surface area contributed by atoms with E-state index in [0.29, 0.717) is 111 Å². The molecule has 0 spiro atoms. The van der Waals surface area contributed by atoms with Crippen LogP contribution in [-0.4, -0.2) is 113 Å². The number of anilines is 4. The van der Waals surface area contributed by atoms with E-state index in [-0.39, 0.29) is 116 Å². The van der Waals surface area contributed by atoms with E-state index >= 15 is 0 Å². The van der Waals surface area contributed by atoms with Crippen LogP contribution in [0.1, 0.15) is 71.6 Å². The van der Waals surface area contributed by atoms with Crippen LogP contribution >= 0.6 is 73.4 Å². The number of benzene rings is 6. The van der Waals surface area contributed by atoms with Crippen molar-refractivity contribution >= 4 is 159 Å². The molecule has 0 radical (unpaired) electrons. The number of phenolic OH excluding ortho intramolecular Hbond substituents is 5. The highest BCUT2D eigenvalue weighted by Gasteiger charge is 2.17. The number of halogens is 7. The van der Waals surface area contributed by atoms with Crippen LogP contribution in [0.2, 0.25) is 5.28 Å². The lowest BCUT2D eigenvalue weighted by Crippen LogP contribution is -2.34. The number of amides is 1. The number of aryl methyl sites for hydroxylation is 6. The molecule has 14 rings (SSSR count). The first-order valence-electron chi connectivity index (χ1n) is 34.0. The van der Waals surface area contributed by atoms with E-state index in [4.69, 9.17) is 83.2 Å². The van der Waals surface area contributed by atoms with Gasteiger partial charge in [0.25, 0.3) is 18.0 Å². The molecule has 0 atom stereocenters. The summed E-state index contributed by atoms with van der Waals surface area (Å²) in [6, 6.07) is 42.5. The van der Waals surface area contributed by atoms with Gasteiger partial charge in [-0.25, -0.2) is 18.6 Å². The maximum atomic E-state index is 13.2. The monoisotopic (exact) mass is 1680 g/mol. The molecule has 0 fully saturated rings. The number of carbonyl (C=O) groups excluding carboxylic acids is 1. The SMILES string of the molecule is Cc1cc(CNc2nc3ccc(O)cc3o2)cc(C)n1.Cc1cc(CNc2nc3ccc(OC/C(=C/F)CN)cc3o2)cc(C)n1.Cc1cc(CNc2nc3ccc(OC/C(=C/F)CNC(=O)OC(C)(C)C)cc3o2)cc(C)n1.Cl.Cl.Cl.Cl.Nc1ccc(O)cc1O.Oc1ccc2[nH]c(=S)[nH]c2c1.Oc1ccc2nc(Cl)[nH]c2c1. The van der Waals surface area contributed by atoms with E-state index in [0.717, 1.165) is 72.9 Å². The number of aromatic hydroxyl groups is 5. The summed E-state index contributed by atoms with van der Waals surface area (Å²) in [5, 5.41) is 57.4. The number of H-pyrrole nitrogens is 3. The first-order chi connectivity index (χ1) is 52.5. The Kier molecular flexibility index (Phi) is 35.7. The van der Waals surface area contributed by atoms with Gasteiger partial charge in [0.15, 0.2) is 21.5 Å². The number of nitrogens with one attached hydrogen (secondary N) is 7. The molecule has 0 unspecified atom stereocenters. The largest absolute Gasteiger partial charge is 0.508 e. The highest BCUT2D eigenvalue weighted by Crippen LogP contribution is 2.29. The zero-order chi connectivity index (χ0) is 79.2. The number of phenols is 5. The number of aromatic amines is 3. The fourth-order valence-electron chi connectivity index (χ4n) is 10.4. The lowest BCUT2D eigenvalue weighted by molar-refractivity contribution is 0.0531. The summed E-state index contributed by atoms with van der Waals surface area (Å²) < 4.78 is 59.6. The number of oxazole rings is 3. The number of imidazole rings is 2. The summed E-state index contributed by atoms with van der Waals surface area (Å²) in [5.74, 6) is 1.59. The molecule has 8 aromatic heterocycles. The number of pyridine rings is 3. The standard InChI is InChI=1S/C24H29FN4O4.C19H21FN4O2.C15H15N3O2.C7H5ClN2O.C7H6N2OS.C6H7NO2.4ClH/c1-15-8-17(9-16(2)28-15)12-26-22-29-20-7-6-19(10-21(20)32-22)31-14-18(11-25)13-27-23(30)33-24(3,4)5;1-12-5-14(6-13(2)23-12)10-22-19-24-17-4-3-16(7-18(17)26-19)25-11-15(8-20)9-21;1-9-5-11(6-10(2)17-9)8-16-15-18-13-4-3-12(19)7-14(13)20-15;8-7-9-5-2-1-4(11)3-6(5)10-7;10-4-1-2-5-6(3-4)9-7(11)8-5;7-5-2-1-4(8)3-6(5)9;;;;/h6-11H,12-14H2,1-5H3,(H,26,29)(H,27,30);3-8H,9-11,21H2,1-2H3,(H,22,24);3-7,19H,8H2,1-2H3,(H,16,18);1-3,11H,(H,9,10);1-3,10H,(H2,8,9,11);1-3,8-9H,7H2;4*1H/b18-11+;15-8+;;;;;;;;. The number of nitrogens with two attached hydrogens (primary N) is 2. The predicted molar refractivity (Wildman–Crippen MR) is 451 cm³/mol. The Labute approximate surface area is 687 Å². The fraction of sp³-hybridized carbons (Fsp3) is 0.218. The Morgan fingerprint density at radius 2 is 0.886 bits per heavy atom. The Hall–Kier alpha value is -11.8. The number of nitrogen functional groups attached to an aromatic ring is 1. The number of carbonyl (C=O) groups is 1. The van der Waals surface area contributed by atoms with Crippen molar-refractivity contribution in [3.8, 4) is 40.2 Å². The number of nitrogens with zero attached hydrogens (tertiary/aromatic N) is 7. The van der Waals surface area contributed by atoms with Gasteiger partial charge in [-0.2, -0.15) is 15.0 Å². The van der Waals surface area contributed by atoms with E-state index in [1.807, 2.05) is 77.9 Å². The number of ether oxygens (including phenoxy) is 3. The van der Waals surface area contributed by atoms with E-state index < -0.39 is 11.7 Å². The van der Waals surface area contributed by atoms with E-state index in [2.05, 4.69) is 71.1 Å². The Morgan fingerprint density at radius 1 is 0.500 bits per heavy atom. The van der Waals surface area contributed by atoms with Gasteiger partial charge in [-0.1, -0.05) is 0 Å². The summed E-state index contributed by atoms with van der Waals surface area (Å²) in [5.41, 5.74) is 27.1. The zero-order valence-corrected chi connectivity index (χ0v) is 67.9. The van der Waals surface area contributed by atoms with Crippen LogP contribution in [0.25, 0.3) is 55.4 Å². The highest BCUT2D eigenvalue weighted by molar-refractivity contribution is 7.71. The number of fused-ring (bicyclic) bond motifs is 5. The van der Waals surface area contributed by atoms with Crippen LogP contribution in [0, 0.1) is 46.3 Å². The van der Waals surface area contributed by atoms with Crippen LogP contribution in [0.4, 0.5) is 37.3 Å². The molecular weight excluding hydrogens is 1600 g/mol. The first-order valence-corrected chi connectivity index (χ1v) is 34.7. The van der Waals surface area contributed by atoms with Gasteiger partial charge < -0.3 is 101 Å². The number of hydrogen-bond acceptors (Lipinski definition) is 25. The van der Waals surface area contributed by atoms with E-state index in [9.17, 15) is 18.7 Å². The molecule has 6 aromatic carbocycles. The van der Waals surface area contributed by atoms with E-state index in [1.165, 1.54) is 18.2 Å². The summed E-state index contributed by atoms with van der Waals surface area (Å²) in [7, 11) is 0. The molecule has 0 saturated heterocycles. The van der Waals surface area contributed by atoms with Crippen molar-refractivity contribution in [2.45, 2.75) is 87.5 Å². The van der Waals surface area contributed by atoms with Gasteiger partial charge in [0.2, 0.25) is 5.28 Å². The van der Waals surface area contributed by atoms with Crippen molar-refractivity contribution in [2.24, 2.45) is 5.73 Å². The van der Waals surface area contributed by atoms with Crippen molar-refractivity contribution in [2.75, 3.05) is 48.0 Å². The quantitative estimate of drug-likeness (QED) is 0.0164. The smallest absolute Gasteiger partial charge is 0.407 e. The third-order valence-electron chi connectivity index (χ3n) is 15.1. The number of rotatable bonds is 18. The van der Waals surface area contributed by atoms with Gasteiger partial charge in [-0.3, -0.25) is 15.0 Å². The predicted octanol–water partition coefficient (Wildman–Crippen LogP) is 18.2. The molecule has 114 heavy (non-hydrogen) atoms. The minimum absolute atomic E-state index is 0. The molecule has 16 N–H and O–H groups in total.